The highest BCUT2D eigenvalue weighted by molar-refractivity contribution is 6.11. The van der Waals surface area contributed by atoms with Gasteiger partial charge in [-0.15, -0.1) is 0 Å². The molecule has 9 aromatic rings. The van der Waals surface area contributed by atoms with Crippen LogP contribution in [-0.2, 0) is 19.2 Å². The van der Waals surface area contributed by atoms with Crippen molar-refractivity contribution in [1.29, 1.82) is 0 Å². The minimum absolute atomic E-state index is 0.0663. The molecule has 16 N–H and O–H groups in total. The Morgan fingerprint density at radius 3 is 0.884 bits per heavy atom. The zero-order chi connectivity index (χ0) is 68.2. The zero-order valence-corrected chi connectivity index (χ0v) is 51.6. The fraction of sp³-hybridized carbons (Fsp3) is 0.236. The van der Waals surface area contributed by atoms with Crippen LogP contribution in [0.25, 0.3) is 32.3 Å². The number of carboxylic acid groups (broad SMARTS) is 1. The number of anilines is 3. The van der Waals surface area contributed by atoms with Crippen molar-refractivity contribution in [2.45, 2.75) is 88.0 Å². The van der Waals surface area contributed by atoms with E-state index in [0.29, 0.717) is 143 Å². The van der Waals surface area contributed by atoms with E-state index in [-0.39, 0.29) is 17.2 Å². The summed E-state index contributed by atoms with van der Waals surface area (Å²) in [6, 6.07) is 49.1. The monoisotopic (exact) mass is 1300 g/mol. The highest BCUT2D eigenvalue weighted by Crippen LogP contribution is 2.35. The third-order valence-corrected chi connectivity index (χ3v) is 15.8. The van der Waals surface area contributed by atoms with Crippen LogP contribution in [0.3, 0.4) is 0 Å². The van der Waals surface area contributed by atoms with Crippen molar-refractivity contribution in [3.63, 3.8) is 0 Å². The second kappa shape index (κ2) is 33.1. The van der Waals surface area contributed by atoms with Gasteiger partial charge in [0.25, 0.3) is 17.7 Å². The van der Waals surface area contributed by atoms with Gasteiger partial charge in [-0.05, 0) is 236 Å². The van der Waals surface area contributed by atoms with E-state index in [0.717, 1.165) is 16.7 Å². The topological polar surface area (TPSA) is 351 Å². The fourth-order valence-corrected chi connectivity index (χ4v) is 10.9. The van der Waals surface area contributed by atoms with Gasteiger partial charge in [0.05, 0.1) is 0 Å². The minimum atomic E-state index is -5.08. The number of phenols is 3. The van der Waals surface area contributed by atoms with E-state index in [9.17, 15) is 57.3 Å². The van der Waals surface area contributed by atoms with E-state index in [1.165, 1.54) is 18.2 Å². The maximum Gasteiger partial charge on any atom is 0.490 e. The quantitative estimate of drug-likeness (QED) is 0.0168. The SMILES string of the molecule is NCCCC[C@@H](NC(=O)c1cccc2cc(O)ccc12)C(=O)Nc1ccc(C(c2ccc(NC(=O)[C@@H](CCCCN)NC(=O)c3cccc4cc(O)ccc34)cc2)c2ccc(NC(=O)[C@@H](CCCCN)NC(=O)c3cccc4cc(O)ccc34)cc2)cc1.O=C(O)C(F)(F)F. The fourth-order valence-electron chi connectivity index (χ4n) is 10.9. The summed E-state index contributed by atoms with van der Waals surface area (Å²) in [6.45, 7) is 1.25. The molecular formula is C72H74F3N9O11. The minimum Gasteiger partial charge on any atom is -0.508 e. The first-order chi connectivity index (χ1) is 45.6. The molecule has 0 aliphatic rings. The smallest absolute Gasteiger partial charge is 0.490 e. The number of alkyl halides is 3. The molecule has 0 aromatic heterocycles. The number of carbonyl (C=O) groups excluding carboxylic acids is 6. The number of rotatable bonds is 27. The number of phenolic OH excluding ortho intramolecular Hbond substituents is 3. The zero-order valence-electron chi connectivity index (χ0n) is 51.6. The maximum atomic E-state index is 14.1. The number of carbonyl (C=O) groups is 7. The number of carboxylic acids is 1. The number of unbranched alkanes of at least 4 members (excludes halogenated alkanes) is 3. The van der Waals surface area contributed by atoms with E-state index in [1.807, 2.05) is 36.4 Å². The molecule has 9 rings (SSSR count). The second-order valence-corrected chi connectivity index (χ2v) is 22.6. The Morgan fingerprint density at radius 1 is 0.379 bits per heavy atom. The number of hydrogen-bond acceptors (Lipinski definition) is 13. The number of fused-ring (bicyclic) bond motifs is 3. The number of benzene rings is 9. The van der Waals surface area contributed by atoms with Gasteiger partial charge in [0.15, 0.2) is 0 Å². The summed E-state index contributed by atoms with van der Waals surface area (Å²) in [4.78, 5) is 92.7. The van der Waals surface area contributed by atoms with Crippen LogP contribution in [0.4, 0.5) is 30.2 Å². The van der Waals surface area contributed by atoms with Crippen molar-refractivity contribution in [1.82, 2.24) is 16.0 Å². The summed E-state index contributed by atoms with van der Waals surface area (Å²) in [7, 11) is 0. The lowest BCUT2D eigenvalue weighted by Gasteiger charge is -2.22. The average Bonchev–Trinajstić information content (AvgIpc) is 0.834. The molecule has 0 saturated heterocycles. The molecule has 0 spiro atoms. The van der Waals surface area contributed by atoms with Crippen molar-refractivity contribution in [3.05, 3.63) is 215 Å². The summed E-state index contributed by atoms with van der Waals surface area (Å²) in [5.41, 5.74) is 22.4. The first-order valence-electron chi connectivity index (χ1n) is 30.8. The summed E-state index contributed by atoms with van der Waals surface area (Å²) in [5.74, 6) is -5.59. The molecule has 0 saturated carbocycles. The van der Waals surface area contributed by atoms with Crippen LogP contribution in [0.2, 0.25) is 0 Å². The number of halogens is 3. The van der Waals surface area contributed by atoms with Gasteiger partial charge >= 0.3 is 12.1 Å². The van der Waals surface area contributed by atoms with Gasteiger partial charge in [-0.1, -0.05) is 72.8 Å². The van der Waals surface area contributed by atoms with Gasteiger partial charge in [-0.2, -0.15) is 13.2 Å². The van der Waals surface area contributed by atoms with Crippen LogP contribution in [0.5, 0.6) is 17.2 Å². The molecule has 9 aromatic carbocycles. The largest absolute Gasteiger partial charge is 0.508 e. The van der Waals surface area contributed by atoms with Crippen LogP contribution in [0.15, 0.2) is 182 Å². The Labute approximate surface area is 545 Å². The third-order valence-electron chi connectivity index (χ3n) is 15.8. The molecule has 494 valence electrons. The summed E-state index contributed by atoms with van der Waals surface area (Å²) >= 11 is 0. The standard InChI is InChI=1S/C70H73N9O9.C2HF3O2/c71-37-4-1-16-61(77-65(83)58-13-7-10-46-40-52(80)31-34-55(46)58)68(86)74-49-25-19-43(20-26-49)64(44-21-27-50(28-22-44)75-69(87)62(17-2-5-38-72)78-66(84)59-14-8-11-47-41-53(81)32-35-56(47)59)45-23-29-51(30-24-45)76-70(88)63(18-3-6-39-73)79-67(85)60-15-9-12-48-42-54(82)33-36-57(48)60;3-2(4,5)1(6)7/h7-15,19-36,40-42,61-64,80-82H,1-6,16-18,37-39,71-73H2,(H,74,86)(H,75,87)(H,76,88)(H,77,83)(H,78,84)(H,79,85);(H,6,7)/t61-,62-,63-;/m1./s1. The van der Waals surface area contributed by atoms with Crippen molar-refractivity contribution in [2.24, 2.45) is 17.2 Å². The number of nitrogens with one attached hydrogen (secondary N) is 6. The number of aromatic hydroxyl groups is 3. The lowest BCUT2D eigenvalue weighted by Crippen LogP contribution is -2.44. The van der Waals surface area contributed by atoms with Crippen LogP contribution >= 0.6 is 0 Å². The predicted molar refractivity (Wildman–Crippen MR) is 359 cm³/mol. The van der Waals surface area contributed by atoms with E-state index in [2.05, 4.69) is 31.9 Å². The maximum absolute atomic E-state index is 14.1. The predicted octanol–water partition coefficient (Wildman–Crippen LogP) is 10.7. The van der Waals surface area contributed by atoms with Crippen molar-refractivity contribution in [3.8, 4) is 17.2 Å². The van der Waals surface area contributed by atoms with Crippen LogP contribution in [0.1, 0.15) is 111 Å². The van der Waals surface area contributed by atoms with E-state index in [1.54, 1.807) is 127 Å². The number of amides is 6. The molecule has 0 aliphatic carbocycles. The summed E-state index contributed by atoms with van der Waals surface area (Å²) in [6.07, 6.45) is -0.407. The number of aliphatic carboxylic acids is 1. The summed E-state index contributed by atoms with van der Waals surface area (Å²) in [5, 5.41) is 59.0. The third kappa shape index (κ3) is 19.1. The van der Waals surface area contributed by atoms with E-state index < -0.39 is 71.6 Å². The molecule has 95 heavy (non-hydrogen) atoms. The van der Waals surface area contributed by atoms with Crippen molar-refractivity contribution >= 4 is 90.8 Å². The number of hydrogen-bond donors (Lipinski definition) is 13. The van der Waals surface area contributed by atoms with Gasteiger partial charge in [0.2, 0.25) is 17.7 Å². The Bertz CT molecular complexity index is 3790. The molecule has 6 amide bonds. The van der Waals surface area contributed by atoms with Crippen LogP contribution < -0.4 is 49.1 Å². The molecule has 3 atom stereocenters. The Hall–Kier alpha value is -10.9. The molecule has 0 heterocycles. The summed E-state index contributed by atoms with van der Waals surface area (Å²) < 4.78 is 31.7. The Kier molecular flexibility index (Phi) is 24.4. The van der Waals surface area contributed by atoms with Crippen molar-refractivity contribution < 1.29 is 67.2 Å². The first kappa shape index (κ1) is 70.0. The van der Waals surface area contributed by atoms with E-state index in [4.69, 9.17) is 27.1 Å². The molecule has 0 fully saturated rings. The van der Waals surface area contributed by atoms with Crippen molar-refractivity contribution in [2.75, 3.05) is 35.6 Å². The molecule has 0 unspecified atom stereocenters. The first-order valence-corrected chi connectivity index (χ1v) is 30.8. The van der Waals surface area contributed by atoms with Gasteiger partial charge < -0.3 is 69.5 Å². The lowest BCUT2D eigenvalue weighted by atomic mass is 9.85. The van der Waals surface area contributed by atoms with Crippen LogP contribution in [-0.4, -0.2) is 106 Å². The Morgan fingerprint density at radius 2 is 0.642 bits per heavy atom. The van der Waals surface area contributed by atoms with E-state index >= 15 is 0 Å². The number of nitrogens with two attached hydrogens (primary N) is 3. The molecule has 0 bridgehead atoms. The highest BCUT2D eigenvalue weighted by Gasteiger charge is 2.38. The normalized spacial score (nSPS) is 12.2. The lowest BCUT2D eigenvalue weighted by molar-refractivity contribution is -0.192. The second-order valence-electron chi connectivity index (χ2n) is 22.6. The molecule has 20 nitrogen and oxygen atoms in total. The molecule has 0 radical (unpaired) electrons. The van der Waals surface area contributed by atoms with Gasteiger partial charge in [-0.3, -0.25) is 28.8 Å². The Balaban J connectivity index is 0.00000156. The van der Waals surface area contributed by atoms with Gasteiger partial charge in [0, 0.05) is 39.7 Å². The molecular weight excluding hydrogens is 1220 g/mol. The van der Waals surface area contributed by atoms with Gasteiger partial charge in [0.1, 0.15) is 35.4 Å². The highest BCUT2D eigenvalue weighted by atomic mass is 19.4. The van der Waals surface area contributed by atoms with Crippen LogP contribution in [0, 0.1) is 0 Å². The van der Waals surface area contributed by atoms with Gasteiger partial charge in [-0.25, -0.2) is 4.79 Å². The molecule has 23 heteroatoms. The molecule has 0 aliphatic heterocycles. The average molecular weight is 1300 g/mol.